The van der Waals surface area contributed by atoms with Crippen molar-refractivity contribution in [2.45, 2.75) is 38.0 Å². The number of amides is 1. The first kappa shape index (κ1) is 26.8. The average molecular weight is 541 g/mol. The second-order valence-electron chi connectivity index (χ2n) is 8.30. The zero-order valence-electron chi connectivity index (χ0n) is 19.6. The van der Waals surface area contributed by atoms with Crippen LogP contribution < -0.4 is 15.4 Å². The second kappa shape index (κ2) is 11.0. The molecule has 2 N–H and O–H groups in total. The molecule has 1 aliphatic carbocycles. The van der Waals surface area contributed by atoms with E-state index in [2.05, 4.69) is 25.8 Å². The lowest BCUT2D eigenvalue weighted by Crippen LogP contribution is -2.28. The van der Waals surface area contributed by atoms with Crippen molar-refractivity contribution < 1.29 is 45.4 Å². The van der Waals surface area contributed by atoms with Crippen LogP contribution in [-0.2, 0) is 15.7 Å². The molecule has 0 atom stereocenters. The average Bonchev–Trinajstić information content (AvgIpc) is 3.35. The van der Waals surface area contributed by atoms with Crippen molar-refractivity contribution in [2.75, 3.05) is 17.7 Å². The molecule has 1 aliphatic rings. The van der Waals surface area contributed by atoms with E-state index in [0.29, 0.717) is 31.6 Å². The predicted molar refractivity (Wildman–Crippen MR) is 120 cm³/mol. The quantitative estimate of drug-likeness (QED) is 0.318. The molecule has 1 amide bonds. The van der Waals surface area contributed by atoms with Crippen LogP contribution in [0.4, 0.5) is 39.3 Å². The van der Waals surface area contributed by atoms with Gasteiger partial charge in [-0.05, 0) is 37.8 Å². The van der Waals surface area contributed by atoms with Crippen LogP contribution in [0.1, 0.15) is 41.9 Å². The molecule has 4 rings (SSSR count). The Hall–Kier alpha value is -4.30. The van der Waals surface area contributed by atoms with Crippen molar-refractivity contribution in [1.29, 1.82) is 0 Å². The summed E-state index contributed by atoms with van der Waals surface area (Å²) in [4.78, 5) is 28.1. The molecule has 0 radical (unpaired) electrons. The van der Waals surface area contributed by atoms with Gasteiger partial charge in [-0.2, -0.15) is 13.2 Å². The SMILES string of the molecule is COC(=O)[C@H]1CC[C@@H](Oc2ccc(NC(=O)c3nnc(Nc4cc(C(F)(F)F)c(F)cc4F)o3)cn2)CC1. The number of hydrogen-bond donors (Lipinski definition) is 2. The molecule has 202 valence electrons. The van der Waals surface area contributed by atoms with E-state index in [9.17, 15) is 31.5 Å². The number of aromatic nitrogens is 3. The minimum absolute atomic E-state index is 0.0584. The van der Waals surface area contributed by atoms with Gasteiger partial charge in [-0.3, -0.25) is 9.59 Å². The van der Waals surface area contributed by atoms with Crippen molar-refractivity contribution in [1.82, 2.24) is 15.2 Å². The maximum atomic E-state index is 13.9. The highest BCUT2D eigenvalue weighted by Crippen LogP contribution is 2.35. The zero-order chi connectivity index (χ0) is 27.4. The number of alkyl halides is 3. The molecule has 2 aromatic heterocycles. The summed E-state index contributed by atoms with van der Waals surface area (Å²) in [6.45, 7) is 0. The van der Waals surface area contributed by atoms with Gasteiger partial charge in [-0.15, -0.1) is 5.10 Å². The minimum Gasteiger partial charge on any atom is -0.474 e. The van der Waals surface area contributed by atoms with Gasteiger partial charge >= 0.3 is 30.0 Å². The number of nitrogens with one attached hydrogen (secondary N) is 2. The number of halogens is 5. The highest BCUT2D eigenvalue weighted by molar-refractivity contribution is 6.00. The van der Waals surface area contributed by atoms with Gasteiger partial charge in [0.2, 0.25) is 5.88 Å². The molecular weight excluding hydrogens is 521 g/mol. The van der Waals surface area contributed by atoms with E-state index in [1.165, 1.54) is 25.4 Å². The maximum Gasteiger partial charge on any atom is 0.419 e. The van der Waals surface area contributed by atoms with Gasteiger partial charge in [0.1, 0.15) is 17.7 Å². The monoisotopic (exact) mass is 541 g/mol. The first-order chi connectivity index (χ1) is 18.0. The Bertz CT molecular complexity index is 1310. The number of ether oxygens (including phenoxy) is 2. The molecule has 0 saturated heterocycles. The number of methoxy groups -OCH3 is 1. The largest absolute Gasteiger partial charge is 0.474 e. The fourth-order valence-electron chi connectivity index (χ4n) is 3.81. The van der Waals surface area contributed by atoms with Crippen molar-refractivity contribution >= 4 is 29.3 Å². The Morgan fingerprint density at radius 1 is 1.05 bits per heavy atom. The van der Waals surface area contributed by atoms with Crippen molar-refractivity contribution in [3.05, 3.63) is 53.6 Å². The summed E-state index contributed by atoms with van der Waals surface area (Å²) >= 11 is 0. The van der Waals surface area contributed by atoms with Crippen LogP contribution in [0, 0.1) is 17.6 Å². The number of pyridine rings is 1. The molecule has 15 heteroatoms. The number of esters is 1. The summed E-state index contributed by atoms with van der Waals surface area (Å²) < 4.78 is 81.7. The summed E-state index contributed by atoms with van der Waals surface area (Å²) in [7, 11) is 1.36. The molecule has 0 spiro atoms. The third-order valence-corrected chi connectivity index (χ3v) is 5.71. The van der Waals surface area contributed by atoms with Crippen molar-refractivity contribution in [3.8, 4) is 5.88 Å². The summed E-state index contributed by atoms with van der Waals surface area (Å²) in [5.74, 6) is -4.66. The summed E-state index contributed by atoms with van der Waals surface area (Å²) in [5.41, 5.74) is -2.25. The third-order valence-electron chi connectivity index (χ3n) is 5.71. The summed E-state index contributed by atoms with van der Waals surface area (Å²) in [6, 6.07) is 2.69. The number of benzene rings is 1. The van der Waals surface area contributed by atoms with Crippen LogP contribution in [0.5, 0.6) is 5.88 Å². The van der Waals surface area contributed by atoms with Gasteiger partial charge in [0, 0.05) is 12.1 Å². The highest BCUT2D eigenvalue weighted by atomic mass is 19.4. The predicted octanol–water partition coefficient (Wildman–Crippen LogP) is 4.87. The molecule has 1 saturated carbocycles. The van der Waals surface area contributed by atoms with Crippen LogP contribution >= 0.6 is 0 Å². The van der Waals surface area contributed by atoms with Gasteiger partial charge < -0.3 is 24.5 Å². The fraction of sp³-hybridized carbons (Fsp3) is 0.348. The summed E-state index contributed by atoms with van der Waals surface area (Å²) in [6.07, 6.45) is -1.26. The molecule has 3 aromatic rings. The smallest absolute Gasteiger partial charge is 0.419 e. The van der Waals surface area contributed by atoms with Gasteiger partial charge in [-0.25, -0.2) is 13.8 Å². The molecule has 1 fully saturated rings. The lowest BCUT2D eigenvalue weighted by molar-refractivity contribution is -0.147. The molecule has 1 aromatic carbocycles. The normalized spacial score (nSPS) is 17.5. The lowest BCUT2D eigenvalue weighted by Gasteiger charge is -2.27. The Balaban J connectivity index is 1.33. The molecule has 0 aliphatic heterocycles. The highest BCUT2D eigenvalue weighted by Gasteiger charge is 2.35. The Kier molecular flexibility index (Phi) is 7.73. The molecule has 0 bridgehead atoms. The third kappa shape index (κ3) is 6.33. The molecular formula is C23H20F5N5O5. The number of carbonyl (C=O) groups excluding carboxylic acids is 2. The number of nitrogens with zero attached hydrogens (tertiary/aromatic N) is 3. The number of rotatable bonds is 7. The van der Waals surface area contributed by atoms with E-state index in [4.69, 9.17) is 13.9 Å². The molecule has 0 unspecified atom stereocenters. The number of anilines is 3. The van der Waals surface area contributed by atoms with E-state index >= 15 is 0 Å². The molecule has 10 nitrogen and oxygen atoms in total. The summed E-state index contributed by atoms with van der Waals surface area (Å²) in [5, 5.41) is 11.4. The first-order valence-electron chi connectivity index (χ1n) is 11.2. The van der Waals surface area contributed by atoms with E-state index in [1.54, 1.807) is 0 Å². The lowest BCUT2D eigenvalue weighted by atomic mass is 9.87. The van der Waals surface area contributed by atoms with Crippen molar-refractivity contribution in [3.63, 3.8) is 0 Å². The van der Waals surface area contributed by atoms with E-state index < -0.39 is 46.9 Å². The standard InChI is InChI=1S/C23H20F5N5O5/c1-36-21(35)11-2-5-13(6-3-11)37-18-7-4-12(10-29-18)30-19(34)20-32-33-22(38-20)31-17-8-14(23(26,27)28)15(24)9-16(17)25/h4,7-11,13H,2-3,5-6H2,1H3,(H,30,34)(H,31,33)/t11-,13+. The number of carbonyl (C=O) groups is 2. The topological polar surface area (TPSA) is 128 Å². The minimum atomic E-state index is -5.06. The Morgan fingerprint density at radius 3 is 2.42 bits per heavy atom. The Morgan fingerprint density at radius 2 is 1.79 bits per heavy atom. The van der Waals surface area contributed by atoms with Gasteiger partial charge in [0.15, 0.2) is 0 Å². The maximum absolute atomic E-state index is 13.9. The zero-order valence-corrected chi connectivity index (χ0v) is 19.6. The van der Waals surface area contributed by atoms with Crippen LogP contribution in [-0.4, -0.2) is 40.3 Å². The Labute approximate surface area is 211 Å². The van der Waals surface area contributed by atoms with E-state index in [1.807, 2.05) is 0 Å². The first-order valence-corrected chi connectivity index (χ1v) is 11.2. The number of hydrogen-bond acceptors (Lipinski definition) is 9. The van der Waals surface area contributed by atoms with Gasteiger partial charge in [0.05, 0.1) is 36.2 Å². The van der Waals surface area contributed by atoms with Gasteiger partial charge in [0.25, 0.3) is 0 Å². The van der Waals surface area contributed by atoms with E-state index in [-0.39, 0.29) is 35.8 Å². The van der Waals surface area contributed by atoms with Gasteiger partial charge in [-0.1, -0.05) is 5.10 Å². The van der Waals surface area contributed by atoms with Crippen LogP contribution in [0.15, 0.2) is 34.9 Å². The molecule has 38 heavy (non-hydrogen) atoms. The van der Waals surface area contributed by atoms with Crippen LogP contribution in [0.2, 0.25) is 0 Å². The fourth-order valence-corrected chi connectivity index (χ4v) is 3.81. The van der Waals surface area contributed by atoms with Crippen molar-refractivity contribution in [2.24, 2.45) is 5.92 Å². The molecule has 2 heterocycles. The van der Waals surface area contributed by atoms with Crippen LogP contribution in [0.3, 0.4) is 0 Å². The van der Waals surface area contributed by atoms with E-state index in [0.717, 1.165) is 0 Å². The van der Waals surface area contributed by atoms with Crippen LogP contribution in [0.25, 0.3) is 0 Å². The second-order valence-corrected chi connectivity index (χ2v) is 8.30.